The van der Waals surface area contributed by atoms with Gasteiger partial charge in [0.05, 0.1) is 10.4 Å². The van der Waals surface area contributed by atoms with Gasteiger partial charge in [-0.25, -0.2) is 0 Å². The van der Waals surface area contributed by atoms with Gasteiger partial charge in [0, 0.05) is 28.6 Å². The standard InChI is InChI=1S/C25H19N3O2S/c29-24(18-6-4-12-26-15-18)27-19-7-3-8-20(14-19)28-25(30)22-13-17-11-10-16-5-1-2-9-21(16)23(17)31-22/h1-9,12-15H,10-11H2,(H,27,29)(H,28,30). The maximum Gasteiger partial charge on any atom is 0.265 e. The molecular weight excluding hydrogens is 406 g/mol. The molecule has 5 nitrogen and oxygen atoms in total. The smallest absolute Gasteiger partial charge is 0.265 e. The lowest BCUT2D eigenvalue weighted by Gasteiger charge is -2.15. The van der Waals surface area contributed by atoms with Gasteiger partial charge in [-0.15, -0.1) is 11.3 Å². The largest absolute Gasteiger partial charge is 0.322 e. The summed E-state index contributed by atoms with van der Waals surface area (Å²) in [7, 11) is 0. The van der Waals surface area contributed by atoms with Crippen molar-refractivity contribution in [1.82, 2.24) is 4.98 Å². The third-order valence-electron chi connectivity index (χ3n) is 5.26. The minimum Gasteiger partial charge on any atom is -0.322 e. The Morgan fingerprint density at radius 1 is 0.806 bits per heavy atom. The highest BCUT2D eigenvalue weighted by Crippen LogP contribution is 2.39. The second-order valence-electron chi connectivity index (χ2n) is 7.35. The van der Waals surface area contributed by atoms with Gasteiger partial charge in [-0.1, -0.05) is 30.3 Å². The molecule has 2 aromatic heterocycles. The molecule has 2 N–H and O–H groups in total. The van der Waals surface area contributed by atoms with Crippen LogP contribution in [0.2, 0.25) is 0 Å². The maximum absolute atomic E-state index is 12.9. The minimum absolute atomic E-state index is 0.146. The number of aromatic nitrogens is 1. The first-order chi connectivity index (χ1) is 15.2. The van der Waals surface area contributed by atoms with E-state index in [0.29, 0.717) is 21.8 Å². The van der Waals surface area contributed by atoms with E-state index in [2.05, 4.69) is 33.8 Å². The lowest BCUT2D eigenvalue weighted by atomic mass is 9.91. The van der Waals surface area contributed by atoms with Crippen LogP contribution in [0.4, 0.5) is 11.4 Å². The van der Waals surface area contributed by atoms with Crippen molar-refractivity contribution in [3.63, 3.8) is 0 Å². The van der Waals surface area contributed by atoms with Gasteiger partial charge >= 0.3 is 0 Å². The van der Waals surface area contributed by atoms with Crippen LogP contribution in [-0.2, 0) is 12.8 Å². The number of carbonyl (C=O) groups is 2. The fraction of sp³-hybridized carbons (Fsp3) is 0.0800. The fourth-order valence-corrected chi connectivity index (χ4v) is 4.92. The average molecular weight is 426 g/mol. The number of hydrogen-bond donors (Lipinski definition) is 2. The van der Waals surface area contributed by atoms with Crippen molar-refractivity contribution in [3.05, 3.63) is 101 Å². The highest BCUT2D eigenvalue weighted by atomic mass is 32.1. The summed E-state index contributed by atoms with van der Waals surface area (Å²) in [4.78, 5) is 31.1. The number of pyridine rings is 1. The zero-order chi connectivity index (χ0) is 21.2. The van der Waals surface area contributed by atoms with Crippen LogP contribution in [0, 0.1) is 0 Å². The average Bonchev–Trinajstić information content (AvgIpc) is 3.25. The summed E-state index contributed by atoms with van der Waals surface area (Å²) in [5.41, 5.74) is 5.49. The first kappa shape index (κ1) is 19.2. The van der Waals surface area contributed by atoms with Crippen molar-refractivity contribution >= 4 is 34.5 Å². The van der Waals surface area contributed by atoms with Crippen LogP contribution in [0.15, 0.2) is 79.1 Å². The molecule has 0 unspecified atom stereocenters. The molecule has 0 radical (unpaired) electrons. The predicted octanol–water partition coefficient (Wildman–Crippen LogP) is 5.41. The van der Waals surface area contributed by atoms with E-state index in [4.69, 9.17) is 0 Å². The SMILES string of the molecule is O=C(Nc1cccc(NC(=O)c2cc3c(s2)-c2ccccc2CC3)c1)c1cccnc1. The zero-order valence-corrected chi connectivity index (χ0v) is 17.4. The lowest BCUT2D eigenvalue weighted by molar-refractivity contribution is 0.102. The third kappa shape index (κ3) is 3.98. The van der Waals surface area contributed by atoms with Gasteiger partial charge in [0.1, 0.15) is 0 Å². The number of thiophene rings is 1. The summed E-state index contributed by atoms with van der Waals surface area (Å²) in [5, 5.41) is 5.79. The molecule has 1 aliphatic carbocycles. The molecule has 2 aromatic carbocycles. The van der Waals surface area contributed by atoms with Crippen LogP contribution >= 0.6 is 11.3 Å². The quantitative estimate of drug-likeness (QED) is 0.459. The molecule has 6 heteroatoms. The summed E-state index contributed by atoms with van der Waals surface area (Å²) >= 11 is 1.53. The molecule has 4 aromatic rings. The molecule has 0 spiro atoms. The van der Waals surface area contributed by atoms with E-state index in [1.54, 1.807) is 42.6 Å². The van der Waals surface area contributed by atoms with E-state index < -0.39 is 0 Å². The van der Waals surface area contributed by atoms with E-state index in [1.807, 2.05) is 12.1 Å². The van der Waals surface area contributed by atoms with Crippen molar-refractivity contribution < 1.29 is 9.59 Å². The number of nitrogens with zero attached hydrogens (tertiary/aromatic N) is 1. The molecule has 0 fully saturated rings. The molecule has 152 valence electrons. The number of fused-ring (bicyclic) bond motifs is 3. The molecule has 1 aliphatic rings. The van der Waals surface area contributed by atoms with Crippen LogP contribution < -0.4 is 10.6 Å². The van der Waals surface area contributed by atoms with Gasteiger partial charge in [-0.2, -0.15) is 0 Å². The monoisotopic (exact) mass is 425 g/mol. The van der Waals surface area contributed by atoms with Gasteiger partial charge in [0.2, 0.25) is 0 Å². The van der Waals surface area contributed by atoms with E-state index in [-0.39, 0.29) is 11.8 Å². The maximum atomic E-state index is 12.9. The van der Waals surface area contributed by atoms with Gasteiger partial charge in [0.15, 0.2) is 0 Å². The number of hydrogen-bond acceptors (Lipinski definition) is 4. The molecule has 0 aliphatic heterocycles. The Morgan fingerprint density at radius 3 is 2.39 bits per heavy atom. The van der Waals surface area contributed by atoms with Crippen molar-refractivity contribution in [2.24, 2.45) is 0 Å². The van der Waals surface area contributed by atoms with Crippen LogP contribution in [0.1, 0.15) is 31.2 Å². The normalized spacial score (nSPS) is 11.9. The number of carbonyl (C=O) groups excluding carboxylic acids is 2. The Morgan fingerprint density at radius 2 is 1.58 bits per heavy atom. The first-order valence-corrected chi connectivity index (χ1v) is 10.8. The number of benzene rings is 2. The number of amides is 2. The van der Waals surface area contributed by atoms with E-state index in [1.165, 1.54) is 39.1 Å². The molecular formula is C25H19N3O2S. The Bertz CT molecular complexity index is 1280. The summed E-state index contributed by atoms with van der Waals surface area (Å²) in [5.74, 6) is -0.395. The zero-order valence-electron chi connectivity index (χ0n) is 16.6. The number of nitrogens with one attached hydrogen (secondary N) is 2. The number of aryl methyl sites for hydroxylation is 2. The van der Waals surface area contributed by atoms with E-state index in [0.717, 1.165) is 12.8 Å². The van der Waals surface area contributed by atoms with Crippen LogP contribution in [0.25, 0.3) is 10.4 Å². The van der Waals surface area contributed by atoms with Gasteiger partial charge < -0.3 is 10.6 Å². The summed E-state index contributed by atoms with van der Waals surface area (Å²) < 4.78 is 0. The molecule has 0 saturated carbocycles. The third-order valence-corrected chi connectivity index (χ3v) is 6.47. The summed E-state index contributed by atoms with van der Waals surface area (Å²) in [6.07, 6.45) is 5.08. The van der Waals surface area contributed by atoms with Crippen LogP contribution in [-0.4, -0.2) is 16.8 Å². The van der Waals surface area contributed by atoms with E-state index in [9.17, 15) is 9.59 Å². The number of anilines is 2. The summed E-state index contributed by atoms with van der Waals surface area (Å²) in [6, 6.07) is 20.9. The van der Waals surface area contributed by atoms with Gasteiger partial charge in [0.25, 0.3) is 11.8 Å². The van der Waals surface area contributed by atoms with Crippen LogP contribution in [0.5, 0.6) is 0 Å². The Labute approximate surface area is 183 Å². The van der Waals surface area contributed by atoms with Gasteiger partial charge in [-0.3, -0.25) is 14.6 Å². The molecule has 31 heavy (non-hydrogen) atoms. The Balaban J connectivity index is 1.32. The lowest BCUT2D eigenvalue weighted by Crippen LogP contribution is -2.13. The Hall–Kier alpha value is -3.77. The second-order valence-corrected chi connectivity index (χ2v) is 8.41. The highest BCUT2D eigenvalue weighted by Gasteiger charge is 2.21. The van der Waals surface area contributed by atoms with Crippen LogP contribution in [0.3, 0.4) is 0 Å². The Kier molecular flexibility index (Phi) is 5.06. The van der Waals surface area contributed by atoms with Crippen molar-refractivity contribution in [1.29, 1.82) is 0 Å². The molecule has 0 bridgehead atoms. The highest BCUT2D eigenvalue weighted by molar-refractivity contribution is 7.17. The van der Waals surface area contributed by atoms with Crippen molar-refractivity contribution in [2.75, 3.05) is 10.6 Å². The number of rotatable bonds is 4. The molecule has 0 saturated heterocycles. The minimum atomic E-state index is -0.249. The molecule has 2 heterocycles. The van der Waals surface area contributed by atoms with Crippen molar-refractivity contribution in [3.8, 4) is 10.4 Å². The molecule has 5 rings (SSSR count). The molecule has 0 atom stereocenters. The first-order valence-electron chi connectivity index (χ1n) is 10.0. The van der Waals surface area contributed by atoms with Gasteiger partial charge in [-0.05, 0) is 65.9 Å². The topological polar surface area (TPSA) is 71.1 Å². The van der Waals surface area contributed by atoms with Crippen molar-refractivity contribution in [2.45, 2.75) is 12.8 Å². The predicted molar refractivity (Wildman–Crippen MR) is 124 cm³/mol. The molecule has 2 amide bonds. The second kappa shape index (κ2) is 8.16. The van der Waals surface area contributed by atoms with E-state index >= 15 is 0 Å². The summed E-state index contributed by atoms with van der Waals surface area (Å²) in [6.45, 7) is 0. The fourth-order valence-electron chi connectivity index (χ4n) is 3.75.